The van der Waals surface area contributed by atoms with Gasteiger partial charge in [0, 0.05) is 55.5 Å². The van der Waals surface area contributed by atoms with Gasteiger partial charge >= 0.3 is 6.03 Å². The van der Waals surface area contributed by atoms with E-state index < -0.39 is 5.82 Å². The number of nitrogens with one attached hydrogen (secondary N) is 1. The first-order valence-electron chi connectivity index (χ1n) is 11.8. The molecule has 2 fully saturated rings. The molecule has 2 saturated heterocycles. The molecule has 0 radical (unpaired) electrons. The highest BCUT2D eigenvalue weighted by Gasteiger charge is 2.28. The van der Waals surface area contributed by atoms with Crippen molar-refractivity contribution in [3.63, 3.8) is 0 Å². The fourth-order valence-electron chi connectivity index (χ4n) is 4.17. The third kappa shape index (κ3) is 7.38. The molecule has 3 amide bonds. The van der Waals surface area contributed by atoms with E-state index in [0.717, 1.165) is 13.1 Å². The van der Waals surface area contributed by atoms with Gasteiger partial charge < -0.3 is 24.6 Å². The van der Waals surface area contributed by atoms with Gasteiger partial charge in [-0.25, -0.2) is 9.18 Å². The van der Waals surface area contributed by atoms with Crippen LogP contribution in [0.25, 0.3) is 0 Å². The van der Waals surface area contributed by atoms with Crippen molar-refractivity contribution in [3.05, 3.63) is 64.9 Å². The number of ether oxygens (including phenoxy) is 2. The minimum atomic E-state index is -0.390. The molecule has 4 rings (SSSR count). The fraction of sp³-hybridized carbons (Fsp3) is 0.440. The molecule has 0 spiro atoms. The number of morpholine rings is 2. The zero-order valence-corrected chi connectivity index (χ0v) is 20.3. The quantitative estimate of drug-likeness (QED) is 0.627. The SMILES string of the molecule is O=C(Nc1cccc(Cl)c1)N1CCOC(CN(CCN2CCOCC2)C(=O)c2ccc(F)cc2)C1. The standard InChI is InChI=1S/C25H30ClFN4O4/c26-20-2-1-3-22(16-20)28-25(33)31-12-15-35-23(18-31)17-30(9-8-29-10-13-34-14-11-29)24(32)19-4-6-21(27)7-5-19/h1-7,16,23H,8-15,17-18H2,(H,28,33). The second-order valence-corrected chi connectivity index (χ2v) is 9.03. The number of rotatable bonds is 7. The highest BCUT2D eigenvalue weighted by Crippen LogP contribution is 2.17. The Bertz CT molecular complexity index is 1000. The van der Waals surface area contributed by atoms with Crippen LogP contribution in [0.4, 0.5) is 14.9 Å². The van der Waals surface area contributed by atoms with Gasteiger partial charge in [-0.2, -0.15) is 0 Å². The summed E-state index contributed by atoms with van der Waals surface area (Å²) >= 11 is 6.02. The zero-order chi connectivity index (χ0) is 24.6. The molecule has 0 aromatic heterocycles. The van der Waals surface area contributed by atoms with Crippen molar-refractivity contribution in [1.29, 1.82) is 0 Å². The lowest BCUT2D eigenvalue weighted by atomic mass is 10.1. The summed E-state index contributed by atoms with van der Waals surface area (Å²) in [5.41, 5.74) is 1.03. The summed E-state index contributed by atoms with van der Waals surface area (Å²) in [5, 5.41) is 3.40. The smallest absolute Gasteiger partial charge is 0.322 e. The monoisotopic (exact) mass is 504 g/mol. The summed E-state index contributed by atoms with van der Waals surface area (Å²) in [7, 11) is 0. The average Bonchev–Trinajstić information content (AvgIpc) is 2.87. The van der Waals surface area contributed by atoms with Crippen LogP contribution in [0.1, 0.15) is 10.4 Å². The number of carbonyl (C=O) groups is 2. The van der Waals surface area contributed by atoms with E-state index in [1.54, 1.807) is 34.1 Å². The van der Waals surface area contributed by atoms with Crippen molar-refractivity contribution in [3.8, 4) is 0 Å². The van der Waals surface area contributed by atoms with E-state index >= 15 is 0 Å². The van der Waals surface area contributed by atoms with E-state index in [4.69, 9.17) is 21.1 Å². The molecule has 35 heavy (non-hydrogen) atoms. The number of hydrogen-bond acceptors (Lipinski definition) is 5. The number of benzene rings is 2. The Labute approximate surface area is 209 Å². The van der Waals surface area contributed by atoms with Gasteiger partial charge in [-0.05, 0) is 42.5 Å². The van der Waals surface area contributed by atoms with Crippen LogP contribution in [0.2, 0.25) is 5.02 Å². The van der Waals surface area contributed by atoms with E-state index in [0.29, 0.717) is 68.8 Å². The second-order valence-electron chi connectivity index (χ2n) is 8.59. The third-order valence-corrected chi connectivity index (χ3v) is 6.33. The van der Waals surface area contributed by atoms with Crippen LogP contribution in [0, 0.1) is 5.82 Å². The van der Waals surface area contributed by atoms with Gasteiger partial charge in [-0.15, -0.1) is 0 Å². The first kappa shape index (κ1) is 25.4. The number of carbonyl (C=O) groups excluding carboxylic acids is 2. The summed E-state index contributed by atoms with van der Waals surface area (Å²) < 4.78 is 24.7. The number of nitrogens with zero attached hydrogens (tertiary/aromatic N) is 3. The summed E-state index contributed by atoms with van der Waals surface area (Å²) in [4.78, 5) is 31.8. The van der Waals surface area contributed by atoms with E-state index in [1.165, 1.54) is 24.3 Å². The lowest BCUT2D eigenvalue weighted by Crippen LogP contribution is -2.52. The van der Waals surface area contributed by atoms with Gasteiger partial charge in [0.15, 0.2) is 0 Å². The van der Waals surface area contributed by atoms with E-state index in [9.17, 15) is 14.0 Å². The number of halogens is 2. The molecule has 2 heterocycles. The molecule has 8 nitrogen and oxygen atoms in total. The summed E-state index contributed by atoms with van der Waals surface area (Å²) in [6.07, 6.45) is -0.344. The minimum absolute atomic E-state index is 0.192. The second kappa shape index (κ2) is 12.3. The summed E-state index contributed by atoms with van der Waals surface area (Å²) in [5.74, 6) is -0.583. The number of amides is 3. The van der Waals surface area contributed by atoms with Crippen molar-refractivity contribution in [1.82, 2.24) is 14.7 Å². The molecule has 1 atom stereocenters. The van der Waals surface area contributed by atoms with Crippen molar-refractivity contribution >= 4 is 29.2 Å². The lowest BCUT2D eigenvalue weighted by molar-refractivity contribution is -0.0282. The van der Waals surface area contributed by atoms with Crippen LogP contribution in [-0.2, 0) is 9.47 Å². The van der Waals surface area contributed by atoms with Gasteiger partial charge in [-0.1, -0.05) is 17.7 Å². The predicted octanol–water partition coefficient (Wildman–Crippen LogP) is 3.19. The van der Waals surface area contributed by atoms with Crippen LogP contribution in [0.5, 0.6) is 0 Å². The molecule has 10 heteroatoms. The van der Waals surface area contributed by atoms with Gasteiger partial charge in [-0.3, -0.25) is 9.69 Å². The number of hydrogen-bond donors (Lipinski definition) is 1. The average molecular weight is 505 g/mol. The molecule has 0 bridgehead atoms. The first-order valence-corrected chi connectivity index (χ1v) is 12.1. The van der Waals surface area contributed by atoms with E-state index in [1.807, 2.05) is 0 Å². The molecule has 1 unspecified atom stereocenters. The van der Waals surface area contributed by atoms with Gasteiger partial charge in [0.1, 0.15) is 5.82 Å². The van der Waals surface area contributed by atoms with Crippen LogP contribution >= 0.6 is 11.6 Å². The van der Waals surface area contributed by atoms with Gasteiger partial charge in [0.25, 0.3) is 5.91 Å². The fourth-order valence-corrected chi connectivity index (χ4v) is 4.36. The lowest BCUT2D eigenvalue weighted by Gasteiger charge is -2.36. The van der Waals surface area contributed by atoms with E-state index in [2.05, 4.69) is 10.2 Å². The Morgan fingerprint density at radius 3 is 2.60 bits per heavy atom. The topological polar surface area (TPSA) is 74.4 Å². The predicted molar refractivity (Wildman–Crippen MR) is 131 cm³/mol. The molecule has 2 aromatic rings. The summed E-state index contributed by atoms with van der Waals surface area (Å²) in [6.45, 7) is 5.65. The van der Waals surface area contributed by atoms with Crippen LogP contribution in [-0.4, -0.2) is 98.4 Å². The normalized spacial score (nSPS) is 18.8. The number of urea groups is 1. The Morgan fingerprint density at radius 1 is 1.09 bits per heavy atom. The van der Waals surface area contributed by atoms with E-state index in [-0.39, 0.29) is 18.0 Å². The first-order chi connectivity index (χ1) is 17.0. The minimum Gasteiger partial charge on any atom is -0.379 e. The Hall–Kier alpha value is -2.72. The molecule has 1 N–H and O–H groups in total. The van der Waals surface area contributed by atoms with Crippen molar-refractivity contribution in [2.24, 2.45) is 0 Å². The molecular weight excluding hydrogens is 475 g/mol. The van der Waals surface area contributed by atoms with Gasteiger partial charge in [0.2, 0.25) is 0 Å². The van der Waals surface area contributed by atoms with Crippen LogP contribution in [0.15, 0.2) is 48.5 Å². The number of anilines is 1. The molecule has 2 aliphatic heterocycles. The molecule has 2 aromatic carbocycles. The van der Waals surface area contributed by atoms with Crippen molar-refractivity contribution < 1.29 is 23.5 Å². The maximum absolute atomic E-state index is 13.4. The molecule has 2 aliphatic rings. The molecule has 188 valence electrons. The van der Waals surface area contributed by atoms with Crippen molar-refractivity contribution in [2.75, 3.05) is 71.0 Å². The Morgan fingerprint density at radius 2 is 1.86 bits per heavy atom. The highest BCUT2D eigenvalue weighted by molar-refractivity contribution is 6.30. The van der Waals surface area contributed by atoms with Gasteiger partial charge in [0.05, 0.1) is 32.5 Å². The van der Waals surface area contributed by atoms with Crippen LogP contribution < -0.4 is 5.32 Å². The largest absolute Gasteiger partial charge is 0.379 e. The van der Waals surface area contributed by atoms with Crippen molar-refractivity contribution in [2.45, 2.75) is 6.10 Å². The Balaban J connectivity index is 1.40. The zero-order valence-electron chi connectivity index (χ0n) is 19.5. The maximum Gasteiger partial charge on any atom is 0.322 e. The maximum atomic E-state index is 13.4. The molecular formula is C25H30ClFN4O4. The van der Waals surface area contributed by atoms with Crippen LogP contribution in [0.3, 0.4) is 0 Å². The Kier molecular flexibility index (Phi) is 8.92. The molecule has 0 aliphatic carbocycles. The third-order valence-electron chi connectivity index (χ3n) is 6.09. The molecule has 0 saturated carbocycles. The summed E-state index contributed by atoms with van der Waals surface area (Å²) in [6, 6.07) is 12.3. The highest BCUT2D eigenvalue weighted by atomic mass is 35.5.